The second-order valence-corrected chi connectivity index (χ2v) is 6.86. The minimum Gasteiger partial charge on any atom is -0.377 e. The molecule has 0 aliphatic rings. The van der Waals surface area contributed by atoms with Gasteiger partial charge >= 0.3 is 8.80 Å². The third kappa shape index (κ3) is 5.93. The van der Waals surface area contributed by atoms with Crippen molar-refractivity contribution in [3.05, 3.63) is 0 Å². The van der Waals surface area contributed by atoms with Crippen LogP contribution in [0, 0.1) is 0 Å². The number of nitrogens with two attached hydrogens (primary N) is 1. The third-order valence-corrected chi connectivity index (χ3v) is 5.53. The summed E-state index contributed by atoms with van der Waals surface area (Å²) in [6.45, 7) is 3.86. The maximum Gasteiger partial charge on any atom is 0.500 e. The third-order valence-electron chi connectivity index (χ3n) is 2.70. The second kappa shape index (κ2) is 9.09. The molecule has 0 fully saturated rings. The summed E-state index contributed by atoms with van der Waals surface area (Å²) < 4.78 is 16.0. The molecule has 0 aliphatic heterocycles. The van der Waals surface area contributed by atoms with Gasteiger partial charge in [0, 0.05) is 40.0 Å². The Morgan fingerprint density at radius 2 is 1.75 bits per heavy atom. The largest absolute Gasteiger partial charge is 0.500 e. The molecule has 0 aromatic carbocycles. The smallest absolute Gasteiger partial charge is 0.377 e. The Bertz CT molecular complexity index is 160. The van der Waals surface area contributed by atoms with E-state index in [1.807, 2.05) is 0 Å². The van der Waals surface area contributed by atoms with Crippen LogP contribution in [0.1, 0.15) is 19.8 Å². The zero-order valence-electron chi connectivity index (χ0n) is 10.9. The highest BCUT2D eigenvalue weighted by Crippen LogP contribution is 2.14. The van der Waals surface area contributed by atoms with Crippen molar-refractivity contribution in [1.29, 1.82) is 0 Å². The van der Waals surface area contributed by atoms with Gasteiger partial charge in [-0.15, -0.1) is 0 Å². The number of hydrogen-bond acceptors (Lipinski definition) is 5. The van der Waals surface area contributed by atoms with Crippen LogP contribution in [-0.4, -0.2) is 49.3 Å². The fourth-order valence-electron chi connectivity index (χ4n) is 1.42. The molecular formula is C10H26N2O3Si. The molecule has 0 bridgehead atoms. The molecule has 0 saturated carbocycles. The van der Waals surface area contributed by atoms with Gasteiger partial charge in [0.05, 0.1) is 0 Å². The molecular weight excluding hydrogens is 224 g/mol. The molecule has 6 heteroatoms. The summed E-state index contributed by atoms with van der Waals surface area (Å²) in [6.07, 6.45) is 1.97. The lowest BCUT2D eigenvalue weighted by Gasteiger charge is -2.24. The van der Waals surface area contributed by atoms with Crippen molar-refractivity contribution < 1.29 is 13.3 Å². The fourth-order valence-corrected chi connectivity index (χ4v) is 3.14. The van der Waals surface area contributed by atoms with Gasteiger partial charge in [0.1, 0.15) is 0 Å². The molecule has 0 amide bonds. The molecule has 0 saturated heterocycles. The van der Waals surface area contributed by atoms with Crippen LogP contribution in [0.25, 0.3) is 0 Å². The van der Waals surface area contributed by atoms with E-state index < -0.39 is 8.80 Å². The summed E-state index contributed by atoms with van der Waals surface area (Å²) in [6, 6.07) is 1.07. The maximum atomic E-state index is 5.79. The van der Waals surface area contributed by atoms with Gasteiger partial charge in [0.15, 0.2) is 0 Å². The van der Waals surface area contributed by atoms with E-state index >= 15 is 0 Å². The lowest BCUT2D eigenvalue weighted by atomic mass is 10.2. The monoisotopic (exact) mass is 250 g/mol. The average Bonchev–Trinajstić information content (AvgIpc) is 2.34. The predicted molar refractivity (Wildman–Crippen MR) is 67.3 cm³/mol. The average molecular weight is 250 g/mol. The molecule has 0 aromatic rings. The van der Waals surface area contributed by atoms with E-state index in [-0.39, 0.29) is 6.04 Å². The van der Waals surface area contributed by atoms with Crippen molar-refractivity contribution >= 4 is 8.80 Å². The zero-order valence-corrected chi connectivity index (χ0v) is 11.9. The Labute approximate surface area is 100 Å². The topological polar surface area (TPSA) is 65.7 Å². The number of rotatable bonds is 10. The van der Waals surface area contributed by atoms with Gasteiger partial charge in [-0.05, 0) is 19.4 Å². The summed E-state index contributed by atoms with van der Waals surface area (Å²) in [4.78, 5) is 0. The first-order chi connectivity index (χ1) is 7.64. The van der Waals surface area contributed by atoms with Gasteiger partial charge in [-0.1, -0.05) is 6.92 Å². The Morgan fingerprint density at radius 1 is 1.19 bits per heavy atom. The van der Waals surface area contributed by atoms with E-state index in [0.717, 1.165) is 32.0 Å². The normalized spacial score (nSPS) is 14.1. The van der Waals surface area contributed by atoms with Crippen molar-refractivity contribution in [2.24, 2.45) is 5.73 Å². The molecule has 0 radical (unpaired) electrons. The van der Waals surface area contributed by atoms with Crippen LogP contribution in [0.5, 0.6) is 0 Å². The summed E-state index contributed by atoms with van der Waals surface area (Å²) in [5.41, 5.74) is 5.79. The maximum absolute atomic E-state index is 5.79. The Morgan fingerprint density at radius 3 is 2.19 bits per heavy atom. The minimum absolute atomic E-state index is 0.245. The van der Waals surface area contributed by atoms with Gasteiger partial charge in [-0.2, -0.15) is 0 Å². The first-order valence-electron chi connectivity index (χ1n) is 5.75. The highest BCUT2D eigenvalue weighted by atomic mass is 28.4. The van der Waals surface area contributed by atoms with Gasteiger partial charge in [-0.25, -0.2) is 0 Å². The van der Waals surface area contributed by atoms with Crippen molar-refractivity contribution in [2.45, 2.75) is 31.9 Å². The Hall–Kier alpha value is 0.0169. The second-order valence-electron chi connectivity index (χ2n) is 3.77. The first-order valence-corrected chi connectivity index (χ1v) is 7.69. The fraction of sp³-hybridized carbons (Fsp3) is 1.00. The van der Waals surface area contributed by atoms with Crippen LogP contribution < -0.4 is 11.1 Å². The zero-order chi connectivity index (χ0) is 12.4. The van der Waals surface area contributed by atoms with Crippen molar-refractivity contribution in [1.82, 2.24) is 5.32 Å². The summed E-state index contributed by atoms with van der Waals surface area (Å²) in [7, 11) is 2.54. The van der Waals surface area contributed by atoms with E-state index in [0.29, 0.717) is 0 Å². The number of hydrogen-bond donors (Lipinski definition) is 2. The summed E-state index contributed by atoms with van der Waals surface area (Å²) in [5.74, 6) is 0. The molecule has 0 aromatic heterocycles. The summed E-state index contributed by atoms with van der Waals surface area (Å²) in [5, 5.41) is 3.31. The number of nitrogens with one attached hydrogen (secondary N) is 1. The van der Waals surface area contributed by atoms with Gasteiger partial charge in [0.2, 0.25) is 0 Å². The van der Waals surface area contributed by atoms with Crippen LogP contribution in [0.2, 0.25) is 6.04 Å². The predicted octanol–water partition coefficient (Wildman–Crippen LogP) is 0.582. The molecule has 0 aliphatic carbocycles. The standard InChI is InChI=1S/C10H26N2O3Si/c1-5-10(11)9-12-7-6-8-16(13-2,14-3)15-4/h10,12H,5-9,11H2,1-4H3. The van der Waals surface area contributed by atoms with Gasteiger partial charge < -0.3 is 24.3 Å². The van der Waals surface area contributed by atoms with Crippen LogP contribution in [0.15, 0.2) is 0 Å². The van der Waals surface area contributed by atoms with Crippen LogP contribution in [0.4, 0.5) is 0 Å². The molecule has 3 N–H and O–H groups in total. The lowest BCUT2D eigenvalue weighted by Crippen LogP contribution is -2.43. The van der Waals surface area contributed by atoms with Crippen molar-refractivity contribution in [3.8, 4) is 0 Å². The van der Waals surface area contributed by atoms with E-state index in [4.69, 9.17) is 19.0 Å². The van der Waals surface area contributed by atoms with E-state index in [9.17, 15) is 0 Å². The lowest BCUT2D eigenvalue weighted by molar-refractivity contribution is 0.123. The molecule has 0 heterocycles. The molecule has 0 spiro atoms. The molecule has 5 nitrogen and oxygen atoms in total. The van der Waals surface area contributed by atoms with Crippen LogP contribution >= 0.6 is 0 Å². The van der Waals surface area contributed by atoms with Gasteiger partial charge in [0.25, 0.3) is 0 Å². The molecule has 16 heavy (non-hydrogen) atoms. The van der Waals surface area contributed by atoms with E-state index in [2.05, 4.69) is 12.2 Å². The quantitative estimate of drug-likeness (QED) is 0.439. The first kappa shape index (κ1) is 16.0. The van der Waals surface area contributed by atoms with E-state index in [1.165, 1.54) is 0 Å². The van der Waals surface area contributed by atoms with Gasteiger partial charge in [-0.3, -0.25) is 0 Å². The molecule has 98 valence electrons. The summed E-state index contributed by atoms with van der Waals surface area (Å²) >= 11 is 0. The van der Waals surface area contributed by atoms with Crippen molar-refractivity contribution in [3.63, 3.8) is 0 Å². The van der Waals surface area contributed by atoms with Crippen LogP contribution in [0.3, 0.4) is 0 Å². The highest BCUT2D eigenvalue weighted by molar-refractivity contribution is 6.60. The SMILES string of the molecule is CCC(N)CNCCC[Si](OC)(OC)OC. The molecule has 1 atom stereocenters. The van der Waals surface area contributed by atoms with Crippen LogP contribution in [-0.2, 0) is 13.3 Å². The minimum atomic E-state index is -2.37. The Kier molecular flexibility index (Phi) is 9.10. The Balaban J connectivity index is 3.63. The molecule has 1 unspecified atom stereocenters. The van der Waals surface area contributed by atoms with Crippen molar-refractivity contribution in [2.75, 3.05) is 34.4 Å². The van der Waals surface area contributed by atoms with E-state index in [1.54, 1.807) is 21.3 Å². The molecule has 0 rings (SSSR count). The highest BCUT2D eigenvalue weighted by Gasteiger charge is 2.36.